The van der Waals surface area contributed by atoms with Crippen LogP contribution < -0.4 is 0 Å². The quantitative estimate of drug-likeness (QED) is 0.107. The average Bonchev–Trinajstić information content (AvgIpc) is 2.95. The number of unbranched alkanes of at least 4 members (excludes halogenated alkanes) is 10. The van der Waals surface area contributed by atoms with Crippen molar-refractivity contribution in [1.29, 1.82) is 0 Å². The zero-order valence-corrected chi connectivity index (χ0v) is 24.2. The van der Waals surface area contributed by atoms with Crippen LogP contribution in [0.3, 0.4) is 0 Å². The van der Waals surface area contributed by atoms with Gasteiger partial charge in [0, 0.05) is 12.8 Å². The van der Waals surface area contributed by atoms with Crippen molar-refractivity contribution in [2.45, 2.75) is 164 Å². The molecule has 0 bridgehead atoms. The van der Waals surface area contributed by atoms with Gasteiger partial charge in [0.15, 0.2) is 11.6 Å². The number of hydrogen-bond acceptors (Lipinski definition) is 12. The zero-order chi connectivity index (χ0) is 30.3. The number of rotatable bonds is 16. The van der Waals surface area contributed by atoms with E-state index in [2.05, 4.69) is 13.8 Å². The summed E-state index contributed by atoms with van der Waals surface area (Å²) in [5.41, 5.74) is 0. The Bertz CT molecular complexity index is 599. The molecule has 0 amide bonds. The lowest BCUT2D eigenvalue weighted by molar-refractivity contribution is -0.351. The molecule has 0 aromatic rings. The number of aliphatic hydroxyl groups excluding tert-OH is 8. The van der Waals surface area contributed by atoms with Gasteiger partial charge < -0.3 is 60.5 Å². The lowest BCUT2D eigenvalue weighted by Crippen LogP contribution is -2.65. The first-order valence-electron chi connectivity index (χ1n) is 15.0. The van der Waals surface area contributed by atoms with E-state index in [0.29, 0.717) is 12.8 Å². The van der Waals surface area contributed by atoms with Crippen molar-refractivity contribution >= 4 is 0 Å². The summed E-state index contributed by atoms with van der Waals surface area (Å²) in [5, 5.41) is 97.0. The summed E-state index contributed by atoms with van der Waals surface area (Å²) in [4.78, 5) is 0. The molecule has 2 fully saturated rings. The highest BCUT2D eigenvalue weighted by atomic mass is 16.7. The summed E-state index contributed by atoms with van der Waals surface area (Å²) in [5.74, 6) is -3.81. The first kappa shape index (κ1) is 37.5. The second-order valence-electron chi connectivity index (χ2n) is 11.3. The molecule has 2 aliphatic heterocycles. The highest BCUT2D eigenvalue weighted by Gasteiger charge is 2.53. The van der Waals surface area contributed by atoms with Crippen LogP contribution in [-0.4, -0.2) is 125 Å². The molecule has 0 unspecified atom stereocenters. The van der Waals surface area contributed by atoms with Gasteiger partial charge in [-0.05, 0) is 12.8 Å². The Morgan fingerprint density at radius 1 is 0.475 bits per heavy atom. The van der Waals surface area contributed by atoms with Crippen molar-refractivity contribution in [3.8, 4) is 0 Å². The minimum absolute atomic E-state index is 0.167. The third-order valence-electron chi connectivity index (χ3n) is 7.88. The van der Waals surface area contributed by atoms with Crippen molar-refractivity contribution in [3.63, 3.8) is 0 Å². The standard InChI is InChI=1S/2C14H28O6/c2*1-2-3-4-5-6-7-8-14(19)13(18)12(17)11(16)10(9-15)20-14/h2*10-13,15-19H,2-9H2,1H3/t2*10-,11-,12+,13-,14-/m11/s1. The molecule has 240 valence electrons. The minimum Gasteiger partial charge on any atom is -0.394 e. The molecular weight excluding hydrogens is 528 g/mol. The molecule has 2 aliphatic rings. The zero-order valence-electron chi connectivity index (χ0n) is 24.2. The largest absolute Gasteiger partial charge is 0.394 e. The van der Waals surface area contributed by atoms with E-state index in [4.69, 9.17) is 19.7 Å². The molecule has 0 aromatic heterocycles. The lowest BCUT2D eigenvalue weighted by atomic mass is 9.89. The molecule has 12 nitrogen and oxygen atoms in total. The van der Waals surface area contributed by atoms with E-state index in [0.717, 1.165) is 51.4 Å². The molecule has 0 aliphatic carbocycles. The van der Waals surface area contributed by atoms with Gasteiger partial charge in [-0.1, -0.05) is 78.1 Å². The first-order chi connectivity index (χ1) is 18.9. The summed E-state index contributed by atoms with van der Waals surface area (Å²) in [6.45, 7) is 3.22. The summed E-state index contributed by atoms with van der Waals surface area (Å²) >= 11 is 0. The molecule has 0 spiro atoms. The normalized spacial score (nSPS) is 38.1. The van der Waals surface area contributed by atoms with Crippen molar-refractivity contribution < 1.29 is 60.5 Å². The van der Waals surface area contributed by atoms with E-state index in [1.54, 1.807) is 0 Å². The topological polar surface area (TPSA) is 221 Å². The van der Waals surface area contributed by atoms with Gasteiger partial charge in [-0.3, -0.25) is 0 Å². The highest BCUT2D eigenvalue weighted by molar-refractivity contribution is 4.96. The van der Waals surface area contributed by atoms with Crippen molar-refractivity contribution in [2.75, 3.05) is 13.2 Å². The lowest BCUT2D eigenvalue weighted by Gasteiger charge is -2.45. The fourth-order valence-electron chi connectivity index (χ4n) is 5.17. The Kier molecular flexibility index (Phi) is 17.8. The van der Waals surface area contributed by atoms with Crippen molar-refractivity contribution in [1.82, 2.24) is 0 Å². The monoisotopic (exact) mass is 584 g/mol. The van der Waals surface area contributed by atoms with Gasteiger partial charge in [0.05, 0.1) is 13.2 Å². The van der Waals surface area contributed by atoms with Crippen LogP contribution in [-0.2, 0) is 9.47 Å². The van der Waals surface area contributed by atoms with E-state index in [9.17, 15) is 40.9 Å². The van der Waals surface area contributed by atoms with Gasteiger partial charge in [0.25, 0.3) is 0 Å². The van der Waals surface area contributed by atoms with E-state index in [1.165, 1.54) is 12.8 Å². The third kappa shape index (κ3) is 11.0. The molecule has 40 heavy (non-hydrogen) atoms. The van der Waals surface area contributed by atoms with Crippen LogP contribution in [0.2, 0.25) is 0 Å². The van der Waals surface area contributed by atoms with E-state index in [-0.39, 0.29) is 12.8 Å². The maximum Gasteiger partial charge on any atom is 0.195 e. The van der Waals surface area contributed by atoms with Crippen LogP contribution in [0.1, 0.15) is 104 Å². The van der Waals surface area contributed by atoms with Crippen LogP contribution in [0.5, 0.6) is 0 Å². The molecule has 2 saturated heterocycles. The third-order valence-corrected chi connectivity index (χ3v) is 7.88. The smallest absolute Gasteiger partial charge is 0.195 e. The molecule has 2 rings (SSSR count). The summed E-state index contributed by atoms with van der Waals surface area (Å²) in [6, 6.07) is 0. The SMILES string of the molecule is CCCCCCCC[C@@]1(O)O[C@H](CO)[C@@H](O)[C@H](O)[C@H]1O.CCCCCCCC[C@@]1(O)O[C@H](CO)[C@@H](O)[C@H](O)[C@H]1O. The van der Waals surface area contributed by atoms with Crippen LogP contribution in [0.15, 0.2) is 0 Å². The number of hydrogen-bond donors (Lipinski definition) is 10. The van der Waals surface area contributed by atoms with Crippen LogP contribution >= 0.6 is 0 Å². The van der Waals surface area contributed by atoms with E-state index >= 15 is 0 Å². The Morgan fingerprint density at radius 2 is 0.775 bits per heavy atom. The molecule has 0 aromatic carbocycles. The minimum atomic E-state index is -1.91. The molecular formula is C28H56O12. The van der Waals surface area contributed by atoms with Gasteiger partial charge >= 0.3 is 0 Å². The van der Waals surface area contributed by atoms with Gasteiger partial charge in [0.1, 0.15) is 48.8 Å². The Labute approximate surface area is 238 Å². The summed E-state index contributed by atoms with van der Waals surface area (Å²) in [7, 11) is 0. The number of ether oxygens (including phenoxy) is 2. The molecule has 0 radical (unpaired) electrons. The van der Waals surface area contributed by atoms with Crippen LogP contribution in [0, 0.1) is 0 Å². The molecule has 0 saturated carbocycles. The molecule has 10 atom stereocenters. The summed E-state index contributed by atoms with van der Waals surface area (Å²) in [6.07, 6.45) is 1.34. The van der Waals surface area contributed by atoms with Gasteiger partial charge in [-0.15, -0.1) is 0 Å². The maximum atomic E-state index is 10.3. The Balaban J connectivity index is 0.000000400. The molecule has 12 heteroatoms. The van der Waals surface area contributed by atoms with Crippen LogP contribution in [0.4, 0.5) is 0 Å². The van der Waals surface area contributed by atoms with Crippen molar-refractivity contribution in [3.05, 3.63) is 0 Å². The average molecular weight is 585 g/mol. The van der Waals surface area contributed by atoms with Gasteiger partial charge in [-0.2, -0.15) is 0 Å². The fourth-order valence-corrected chi connectivity index (χ4v) is 5.17. The molecule has 10 N–H and O–H groups in total. The second-order valence-corrected chi connectivity index (χ2v) is 11.3. The summed E-state index contributed by atoms with van der Waals surface area (Å²) < 4.78 is 10.4. The van der Waals surface area contributed by atoms with Crippen molar-refractivity contribution in [2.24, 2.45) is 0 Å². The predicted molar refractivity (Wildman–Crippen MR) is 146 cm³/mol. The highest BCUT2D eigenvalue weighted by Crippen LogP contribution is 2.33. The molecule has 2 heterocycles. The maximum absolute atomic E-state index is 10.3. The second kappa shape index (κ2) is 18.9. The Morgan fingerprint density at radius 3 is 1.07 bits per heavy atom. The van der Waals surface area contributed by atoms with Crippen LogP contribution in [0.25, 0.3) is 0 Å². The fraction of sp³-hybridized carbons (Fsp3) is 1.00. The van der Waals surface area contributed by atoms with E-state index in [1.807, 2.05) is 0 Å². The predicted octanol–water partition coefficient (Wildman–Crippen LogP) is -0.201. The number of aliphatic hydroxyl groups is 10. The van der Waals surface area contributed by atoms with Gasteiger partial charge in [-0.25, -0.2) is 0 Å². The van der Waals surface area contributed by atoms with Gasteiger partial charge in [0.2, 0.25) is 0 Å². The Hall–Kier alpha value is -0.480. The van der Waals surface area contributed by atoms with E-state index < -0.39 is 73.6 Å². The first-order valence-corrected chi connectivity index (χ1v) is 15.0.